The molecule has 0 spiro atoms. The van der Waals surface area contributed by atoms with Crippen LogP contribution in [0.2, 0.25) is 0 Å². The number of aromatic hydroxyl groups is 1. The Morgan fingerprint density at radius 1 is 1.22 bits per heavy atom. The fourth-order valence-electron chi connectivity index (χ4n) is 0.452. The molecular formula is C6H8BrOP. The van der Waals surface area contributed by atoms with E-state index in [1.165, 1.54) is 0 Å². The van der Waals surface area contributed by atoms with E-state index >= 15 is 0 Å². The molecule has 50 valence electrons. The van der Waals surface area contributed by atoms with Crippen LogP contribution >= 0.6 is 25.8 Å². The average Bonchev–Trinajstić information content (AvgIpc) is 1.77. The number of para-hydroxylation sites is 1. The molecule has 0 amide bonds. The molecule has 0 aliphatic carbocycles. The summed E-state index contributed by atoms with van der Waals surface area (Å²) < 4.78 is 0.736. The number of phenols is 1. The van der Waals surface area contributed by atoms with Gasteiger partial charge in [-0.2, -0.15) is 9.90 Å². The first-order valence-electron chi connectivity index (χ1n) is 2.24. The lowest BCUT2D eigenvalue weighted by molar-refractivity contribution is 0.472. The molecule has 0 bridgehead atoms. The summed E-state index contributed by atoms with van der Waals surface area (Å²) in [7, 11) is 0. The summed E-state index contributed by atoms with van der Waals surface area (Å²) in [5.74, 6) is 0.285. The van der Waals surface area contributed by atoms with E-state index in [0.717, 1.165) is 4.47 Å². The van der Waals surface area contributed by atoms with E-state index in [1.807, 2.05) is 6.07 Å². The van der Waals surface area contributed by atoms with Crippen LogP contribution in [0, 0.1) is 0 Å². The number of rotatable bonds is 0. The van der Waals surface area contributed by atoms with Crippen LogP contribution in [0.1, 0.15) is 0 Å². The third-order valence-corrected chi connectivity index (χ3v) is 1.52. The highest BCUT2D eigenvalue weighted by Gasteiger charge is 1.89. The normalized spacial score (nSPS) is 8.11. The van der Waals surface area contributed by atoms with Gasteiger partial charge in [-0.15, -0.1) is 0 Å². The summed E-state index contributed by atoms with van der Waals surface area (Å²) in [5, 5.41) is 8.87. The zero-order valence-electron chi connectivity index (χ0n) is 4.84. The Hall–Kier alpha value is -0.0700. The smallest absolute Gasteiger partial charge is 0.129 e. The van der Waals surface area contributed by atoms with Gasteiger partial charge in [-0.25, -0.2) is 0 Å². The van der Waals surface area contributed by atoms with E-state index in [-0.39, 0.29) is 15.6 Å². The first kappa shape index (κ1) is 8.93. The molecule has 0 aliphatic heterocycles. The number of halogens is 1. The molecule has 1 aromatic rings. The lowest BCUT2D eigenvalue weighted by Gasteiger charge is -1.90. The van der Waals surface area contributed by atoms with E-state index in [9.17, 15) is 0 Å². The van der Waals surface area contributed by atoms with Crippen molar-refractivity contribution in [2.75, 3.05) is 0 Å². The molecule has 1 nitrogen and oxygen atoms in total. The molecule has 1 unspecified atom stereocenters. The molecule has 0 saturated heterocycles. The highest BCUT2D eigenvalue weighted by molar-refractivity contribution is 9.10. The molecule has 0 aromatic heterocycles. The zero-order chi connectivity index (χ0) is 5.98. The van der Waals surface area contributed by atoms with Crippen LogP contribution in [0.25, 0.3) is 0 Å². The Kier molecular flexibility index (Phi) is 3.83. The third-order valence-electron chi connectivity index (χ3n) is 0.852. The molecule has 1 rings (SSSR count). The number of hydrogen-bond donors (Lipinski definition) is 1. The second-order valence-electron chi connectivity index (χ2n) is 1.45. The molecular weight excluding hydrogens is 199 g/mol. The molecule has 1 N–H and O–H groups in total. The first-order valence-corrected chi connectivity index (χ1v) is 3.03. The fraction of sp³-hybridized carbons (Fsp3) is 0. The minimum atomic E-state index is 0. The molecule has 0 heterocycles. The average molecular weight is 207 g/mol. The highest BCUT2D eigenvalue weighted by atomic mass is 79.9. The Bertz CT molecular complexity index is 169. The van der Waals surface area contributed by atoms with Crippen LogP contribution in [-0.4, -0.2) is 5.11 Å². The highest BCUT2D eigenvalue weighted by Crippen LogP contribution is 2.21. The van der Waals surface area contributed by atoms with Gasteiger partial charge in [0.2, 0.25) is 0 Å². The molecule has 0 radical (unpaired) electrons. The Morgan fingerprint density at radius 3 is 2.11 bits per heavy atom. The first-order chi connectivity index (χ1) is 3.80. The zero-order valence-corrected chi connectivity index (χ0v) is 7.84. The van der Waals surface area contributed by atoms with Gasteiger partial charge in [0, 0.05) is 0 Å². The minimum Gasteiger partial charge on any atom is -0.507 e. The van der Waals surface area contributed by atoms with Gasteiger partial charge < -0.3 is 5.11 Å². The summed E-state index contributed by atoms with van der Waals surface area (Å²) in [6.45, 7) is 0. The fourth-order valence-corrected chi connectivity index (χ4v) is 0.737. The summed E-state index contributed by atoms with van der Waals surface area (Å²) in [5.41, 5.74) is 0. The topological polar surface area (TPSA) is 20.2 Å². The van der Waals surface area contributed by atoms with Gasteiger partial charge in [0.05, 0.1) is 4.47 Å². The predicted octanol–water partition coefficient (Wildman–Crippen LogP) is 2.21. The summed E-state index contributed by atoms with van der Waals surface area (Å²) in [6, 6.07) is 7.04. The number of phenolic OH excluding ortho intramolecular Hbond substituents is 1. The monoisotopic (exact) mass is 206 g/mol. The molecule has 3 heteroatoms. The maximum absolute atomic E-state index is 8.87. The molecule has 1 aromatic carbocycles. The van der Waals surface area contributed by atoms with E-state index in [4.69, 9.17) is 5.11 Å². The van der Waals surface area contributed by atoms with Gasteiger partial charge in [-0.05, 0) is 28.1 Å². The van der Waals surface area contributed by atoms with E-state index in [0.29, 0.717) is 0 Å². The molecule has 0 aliphatic rings. The van der Waals surface area contributed by atoms with E-state index in [1.54, 1.807) is 18.2 Å². The van der Waals surface area contributed by atoms with Gasteiger partial charge >= 0.3 is 0 Å². The second kappa shape index (κ2) is 3.86. The maximum Gasteiger partial charge on any atom is 0.129 e. The van der Waals surface area contributed by atoms with Crippen molar-refractivity contribution in [2.45, 2.75) is 0 Å². The van der Waals surface area contributed by atoms with Gasteiger partial charge in [-0.1, -0.05) is 12.1 Å². The van der Waals surface area contributed by atoms with Crippen LogP contribution in [-0.2, 0) is 0 Å². The quantitative estimate of drug-likeness (QED) is 0.646. The lowest BCUT2D eigenvalue weighted by Crippen LogP contribution is -1.63. The Labute approximate surface area is 65.8 Å². The van der Waals surface area contributed by atoms with Gasteiger partial charge in [0.1, 0.15) is 5.75 Å². The van der Waals surface area contributed by atoms with Crippen molar-refractivity contribution in [3.05, 3.63) is 28.7 Å². The van der Waals surface area contributed by atoms with Gasteiger partial charge in [0.25, 0.3) is 0 Å². The van der Waals surface area contributed by atoms with Crippen molar-refractivity contribution >= 4 is 25.8 Å². The Morgan fingerprint density at radius 2 is 1.78 bits per heavy atom. The van der Waals surface area contributed by atoms with Crippen LogP contribution in [0.4, 0.5) is 0 Å². The summed E-state index contributed by atoms with van der Waals surface area (Å²) in [4.78, 5) is 0. The number of hydrogen-bond acceptors (Lipinski definition) is 1. The maximum atomic E-state index is 8.87. The largest absolute Gasteiger partial charge is 0.507 e. The van der Waals surface area contributed by atoms with Gasteiger partial charge in [-0.3, -0.25) is 0 Å². The van der Waals surface area contributed by atoms with Crippen molar-refractivity contribution < 1.29 is 5.11 Å². The summed E-state index contributed by atoms with van der Waals surface area (Å²) in [6.07, 6.45) is 0. The predicted molar refractivity (Wildman–Crippen MR) is 46.9 cm³/mol. The number of benzene rings is 1. The van der Waals surface area contributed by atoms with E-state index in [2.05, 4.69) is 15.9 Å². The minimum absolute atomic E-state index is 0. The van der Waals surface area contributed by atoms with Crippen LogP contribution in [0.15, 0.2) is 28.7 Å². The third kappa shape index (κ3) is 2.33. The summed E-state index contributed by atoms with van der Waals surface area (Å²) >= 11 is 3.15. The van der Waals surface area contributed by atoms with Crippen molar-refractivity contribution in [1.82, 2.24) is 0 Å². The van der Waals surface area contributed by atoms with Crippen molar-refractivity contribution in [1.29, 1.82) is 0 Å². The Balaban J connectivity index is 0.000000640. The van der Waals surface area contributed by atoms with E-state index < -0.39 is 0 Å². The van der Waals surface area contributed by atoms with Crippen LogP contribution in [0.5, 0.6) is 5.75 Å². The standard InChI is InChI=1S/C6H5BrO.H3P/c7-5-3-1-2-4-6(5)8;/h1-4,8H;1H3. The van der Waals surface area contributed by atoms with Crippen LogP contribution < -0.4 is 0 Å². The molecule has 9 heavy (non-hydrogen) atoms. The van der Waals surface area contributed by atoms with Gasteiger partial charge in [0.15, 0.2) is 0 Å². The van der Waals surface area contributed by atoms with Crippen LogP contribution in [0.3, 0.4) is 0 Å². The molecule has 0 fully saturated rings. The molecule has 0 saturated carbocycles. The lowest BCUT2D eigenvalue weighted by atomic mass is 10.3. The molecule has 1 atom stereocenters. The van der Waals surface area contributed by atoms with Crippen molar-refractivity contribution in [3.63, 3.8) is 0 Å². The van der Waals surface area contributed by atoms with Crippen molar-refractivity contribution in [2.24, 2.45) is 0 Å². The SMILES string of the molecule is Oc1ccccc1Br.P. The van der Waals surface area contributed by atoms with Crippen molar-refractivity contribution in [3.8, 4) is 5.75 Å². The second-order valence-corrected chi connectivity index (χ2v) is 2.31.